The van der Waals surface area contributed by atoms with Crippen LogP contribution in [0.3, 0.4) is 0 Å². The Labute approximate surface area is 99.8 Å². The monoisotopic (exact) mass is 241 g/mol. The third-order valence-electron chi connectivity index (χ3n) is 2.89. The van der Waals surface area contributed by atoms with Crippen molar-refractivity contribution in [2.24, 2.45) is 17.7 Å². The number of nitrogen functional groups attached to an aromatic ring is 1. The molecule has 0 saturated heterocycles. The van der Waals surface area contributed by atoms with Crippen LogP contribution in [-0.4, -0.2) is 16.5 Å². The van der Waals surface area contributed by atoms with Crippen molar-refractivity contribution in [1.29, 1.82) is 0 Å². The second-order valence-electron chi connectivity index (χ2n) is 4.23. The first-order valence-corrected chi connectivity index (χ1v) is 5.81. The minimum Gasteiger partial charge on any atom is -0.368 e. The zero-order chi connectivity index (χ0) is 11.5. The largest absolute Gasteiger partial charge is 0.368 e. The Morgan fingerprint density at radius 1 is 1.62 bits per heavy atom. The fourth-order valence-corrected chi connectivity index (χ4v) is 1.81. The van der Waals surface area contributed by atoms with Crippen LogP contribution in [0.2, 0.25) is 5.02 Å². The molecule has 0 bridgehead atoms. The molecule has 0 aliphatic heterocycles. The molecule has 6 heteroatoms. The summed E-state index contributed by atoms with van der Waals surface area (Å²) in [4.78, 5) is 8.07. The molecule has 2 rings (SSSR count). The fraction of sp³-hybridized carbons (Fsp3) is 0.600. The van der Waals surface area contributed by atoms with E-state index in [9.17, 15) is 0 Å². The molecule has 1 unspecified atom stereocenters. The van der Waals surface area contributed by atoms with Crippen molar-refractivity contribution < 1.29 is 0 Å². The highest BCUT2D eigenvalue weighted by Gasteiger charge is 2.27. The Hall–Kier alpha value is -1.07. The van der Waals surface area contributed by atoms with Crippen LogP contribution in [0.25, 0.3) is 0 Å². The van der Waals surface area contributed by atoms with Gasteiger partial charge in [0.2, 0.25) is 5.95 Å². The molecule has 0 spiro atoms. The van der Waals surface area contributed by atoms with Crippen LogP contribution in [0, 0.1) is 11.8 Å². The number of hydrogen-bond acceptors (Lipinski definition) is 5. The topological polar surface area (TPSA) is 75.9 Å². The van der Waals surface area contributed by atoms with E-state index in [0.29, 0.717) is 22.7 Å². The van der Waals surface area contributed by atoms with Gasteiger partial charge in [0, 0.05) is 6.54 Å². The van der Waals surface area contributed by atoms with Gasteiger partial charge in [-0.2, -0.15) is 4.98 Å². The van der Waals surface area contributed by atoms with Crippen LogP contribution in [-0.2, 0) is 0 Å². The molecular weight excluding hydrogens is 226 g/mol. The predicted octanol–water partition coefficient (Wildman–Crippen LogP) is 1.87. The lowest BCUT2D eigenvalue weighted by Crippen LogP contribution is -2.16. The summed E-state index contributed by atoms with van der Waals surface area (Å²) in [6, 6.07) is 0. The first kappa shape index (κ1) is 11.4. The van der Waals surface area contributed by atoms with Crippen molar-refractivity contribution in [1.82, 2.24) is 9.97 Å². The summed E-state index contributed by atoms with van der Waals surface area (Å²) < 4.78 is 0. The summed E-state index contributed by atoms with van der Waals surface area (Å²) >= 11 is 5.98. The number of nitrogens with one attached hydrogen (secondary N) is 2. The van der Waals surface area contributed by atoms with Gasteiger partial charge in [-0.3, -0.25) is 5.43 Å². The average molecular weight is 242 g/mol. The van der Waals surface area contributed by atoms with Crippen molar-refractivity contribution in [3.8, 4) is 0 Å². The van der Waals surface area contributed by atoms with E-state index in [2.05, 4.69) is 27.6 Å². The van der Waals surface area contributed by atoms with E-state index in [1.165, 1.54) is 19.0 Å². The highest BCUT2D eigenvalue weighted by molar-refractivity contribution is 6.32. The van der Waals surface area contributed by atoms with Crippen molar-refractivity contribution in [2.45, 2.75) is 19.8 Å². The summed E-state index contributed by atoms with van der Waals surface area (Å²) in [7, 11) is 0. The smallest absolute Gasteiger partial charge is 0.239 e. The summed E-state index contributed by atoms with van der Waals surface area (Å²) in [5, 5.41) is 3.75. The van der Waals surface area contributed by atoms with E-state index in [4.69, 9.17) is 17.4 Å². The first-order chi connectivity index (χ1) is 7.70. The Morgan fingerprint density at radius 3 is 3.00 bits per heavy atom. The molecule has 1 atom stereocenters. The molecule has 16 heavy (non-hydrogen) atoms. The van der Waals surface area contributed by atoms with Crippen LogP contribution < -0.4 is 16.6 Å². The van der Waals surface area contributed by atoms with Crippen LogP contribution in [0.4, 0.5) is 11.8 Å². The number of nitrogens with zero attached hydrogens (tertiary/aromatic N) is 2. The molecule has 1 saturated carbocycles. The maximum atomic E-state index is 5.98. The number of aromatic nitrogens is 2. The summed E-state index contributed by atoms with van der Waals surface area (Å²) in [5.41, 5.74) is 2.40. The van der Waals surface area contributed by atoms with Crippen molar-refractivity contribution in [2.75, 3.05) is 17.3 Å². The lowest BCUT2D eigenvalue weighted by molar-refractivity contribution is 0.536. The number of rotatable bonds is 5. The zero-order valence-electron chi connectivity index (χ0n) is 9.20. The number of hydrogen-bond donors (Lipinski definition) is 3. The van der Waals surface area contributed by atoms with Crippen LogP contribution in [0.5, 0.6) is 0 Å². The molecule has 4 N–H and O–H groups in total. The number of nitrogens with two attached hydrogens (primary N) is 1. The molecule has 0 radical (unpaired) electrons. The molecule has 1 aromatic rings. The molecule has 1 aliphatic carbocycles. The number of hydrazine groups is 1. The van der Waals surface area contributed by atoms with Gasteiger partial charge in [0.25, 0.3) is 0 Å². The Morgan fingerprint density at radius 2 is 2.38 bits per heavy atom. The van der Waals surface area contributed by atoms with Crippen LogP contribution >= 0.6 is 11.6 Å². The van der Waals surface area contributed by atoms with Gasteiger partial charge in [0.15, 0.2) is 5.82 Å². The van der Waals surface area contributed by atoms with E-state index >= 15 is 0 Å². The first-order valence-electron chi connectivity index (χ1n) is 5.43. The maximum Gasteiger partial charge on any atom is 0.239 e. The molecule has 1 fully saturated rings. The lowest BCUT2D eigenvalue weighted by atomic mass is 10.1. The Bertz CT molecular complexity index is 366. The summed E-state index contributed by atoms with van der Waals surface area (Å²) in [6.07, 6.45) is 4.22. The van der Waals surface area contributed by atoms with Crippen molar-refractivity contribution in [3.63, 3.8) is 0 Å². The minimum absolute atomic E-state index is 0.367. The van der Waals surface area contributed by atoms with E-state index in [0.717, 1.165) is 12.5 Å². The Kier molecular flexibility index (Phi) is 3.46. The van der Waals surface area contributed by atoms with E-state index in [1.807, 2.05) is 0 Å². The average Bonchev–Trinajstić information content (AvgIpc) is 3.11. The summed E-state index contributed by atoms with van der Waals surface area (Å²) in [6.45, 7) is 3.12. The zero-order valence-corrected chi connectivity index (χ0v) is 9.96. The molecule has 1 aliphatic rings. The minimum atomic E-state index is 0.367. The quantitative estimate of drug-likeness (QED) is 0.542. The molecular formula is C10H16ClN5. The molecule has 0 amide bonds. The van der Waals surface area contributed by atoms with Gasteiger partial charge >= 0.3 is 0 Å². The van der Waals surface area contributed by atoms with E-state index < -0.39 is 0 Å². The third-order valence-corrected chi connectivity index (χ3v) is 3.17. The molecule has 0 aromatic carbocycles. The highest BCUT2D eigenvalue weighted by atomic mass is 35.5. The standard InChI is InChI=1S/C10H16ClN5/c1-6(7-2-3-7)4-13-9-8(11)5-14-10(15-9)16-12/h5-7H,2-4,12H2,1H3,(H2,13,14,15,16). The predicted molar refractivity (Wildman–Crippen MR) is 65.2 cm³/mol. The fourth-order valence-electron chi connectivity index (χ4n) is 1.65. The van der Waals surface area contributed by atoms with Gasteiger partial charge < -0.3 is 5.32 Å². The van der Waals surface area contributed by atoms with Crippen molar-refractivity contribution in [3.05, 3.63) is 11.2 Å². The molecule has 5 nitrogen and oxygen atoms in total. The van der Waals surface area contributed by atoms with Gasteiger partial charge in [-0.25, -0.2) is 10.8 Å². The van der Waals surface area contributed by atoms with Crippen LogP contribution in [0.15, 0.2) is 6.20 Å². The second kappa shape index (κ2) is 4.84. The van der Waals surface area contributed by atoms with E-state index in [-0.39, 0.29) is 0 Å². The molecule has 88 valence electrons. The lowest BCUT2D eigenvalue weighted by Gasteiger charge is -2.13. The molecule has 1 aromatic heterocycles. The Balaban J connectivity index is 1.96. The van der Waals surface area contributed by atoms with Gasteiger partial charge in [0.05, 0.1) is 6.20 Å². The maximum absolute atomic E-state index is 5.98. The van der Waals surface area contributed by atoms with Gasteiger partial charge in [-0.15, -0.1) is 0 Å². The molecule has 1 heterocycles. The van der Waals surface area contributed by atoms with E-state index in [1.54, 1.807) is 0 Å². The SMILES string of the molecule is CC(CNc1nc(NN)ncc1Cl)C1CC1. The number of anilines is 2. The van der Waals surface area contributed by atoms with Crippen molar-refractivity contribution >= 4 is 23.4 Å². The van der Waals surface area contributed by atoms with Crippen LogP contribution in [0.1, 0.15) is 19.8 Å². The summed E-state index contributed by atoms with van der Waals surface area (Å²) in [5.74, 6) is 7.75. The number of halogens is 1. The second-order valence-corrected chi connectivity index (χ2v) is 4.64. The normalized spacial score (nSPS) is 16.9. The van der Waals surface area contributed by atoms with Gasteiger partial charge in [0.1, 0.15) is 5.02 Å². The third kappa shape index (κ3) is 2.74. The van der Waals surface area contributed by atoms with Gasteiger partial charge in [-0.05, 0) is 24.7 Å². The highest BCUT2D eigenvalue weighted by Crippen LogP contribution is 2.36. The van der Waals surface area contributed by atoms with Gasteiger partial charge in [-0.1, -0.05) is 18.5 Å².